The van der Waals surface area contributed by atoms with Gasteiger partial charge in [-0.05, 0) is 56.2 Å². The molecule has 4 nitrogen and oxygen atoms in total. The van der Waals surface area contributed by atoms with Crippen molar-refractivity contribution >= 4 is 23.2 Å². The summed E-state index contributed by atoms with van der Waals surface area (Å²) in [7, 11) is 0. The molecule has 0 spiro atoms. The van der Waals surface area contributed by atoms with Crippen molar-refractivity contribution in [2.45, 2.75) is 20.8 Å². The number of carbonyl (C=O) groups is 2. The van der Waals surface area contributed by atoms with Crippen LogP contribution in [0.25, 0.3) is 0 Å². The van der Waals surface area contributed by atoms with Crippen molar-refractivity contribution in [3.05, 3.63) is 59.7 Å². The molecular weight excluding hydrogens is 276 g/mol. The third-order valence-electron chi connectivity index (χ3n) is 3.59. The number of nitrogens with one attached hydrogen (secondary N) is 1. The van der Waals surface area contributed by atoms with Crippen molar-refractivity contribution in [1.82, 2.24) is 0 Å². The number of hydrogen-bond acceptors (Lipinski definition) is 2. The average Bonchev–Trinajstić information content (AvgIpc) is 2.52. The van der Waals surface area contributed by atoms with E-state index in [1.165, 1.54) is 4.90 Å². The van der Waals surface area contributed by atoms with E-state index in [1.807, 2.05) is 63.2 Å². The Bertz CT molecular complexity index is 681. The van der Waals surface area contributed by atoms with Gasteiger partial charge in [0.25, 0.3) is 0 Å². The number of aryl methyl sites for hydroxylation is 2. The minimum absolute atomic E-state index is 0.434. The van der Waals surface area contributed by atoms with E-state index in [4.69, 9.17) is 0 Å². The summed E-state index contributed by atoms with van der Waals surface area (Å²) in [4.78, 5) is 26.0. The Kier molecular flexibility index (Phi) is 4.94. The van der Waals surface area contributed by atoms with Gasteiger partial charge in [0.2, 0.25) is 0 Å². The predicted octanol–water partition coefficient (Wildman–Crippen LogP) is 3.30. The zero-order valence-corrected chi connectivity index (χ0v) is 13.1. The zero-order chi connectivity index (χ0) is 16.1. The fraction of sp³-hybridized carbons (Fsp3) is 0.222. The Balaban J connectivity index is 2.14. The van der Waals surface area contributed by atoms with Gasteiger partial charge in [-0.1, -0.05) is 24.3 Å². The normalized spacial score (nSPS) is 10.1. The molecule has 0 aromatic heterocycles. The summed E-state index contributed by atoms with van der Waals surface area (Å²) < 4.78 is 0. The number of likely N-dealkylation sites (N-methyl/N-ethyl adjacent to an activating group) is 1. The monoisotopic (exact) mass is 296 g/mol. The van der Waals surface area contributed by atoms with E-state index in [-0.39, 0.29) is 0 Å². The maximum atomic E-state index is 12.3. The van der Waals surface area contributed by atoms with E-state index in [9.17, 15) is 9.59 Å². The van der Waals surface area contributed by atoms with Crippen LogP contribution in [0.5, 0.6) is 0 Å². The van der Waals surface area contributed by atoms with Crippen LogP contribution in [-0.2, 0) is 9.59 Å². The van der Waals surface area contributed by atoms with E-state index in [1.54, 1.807) is 6.07 Å². The first-order valence-corrected chi connectivity index (χ1v) is 7.28. The van der Waals surface area contributed by atoms with Gasteiger partial charge >= 0.3 is 11.8 Å². The van der Waals surface area contributed by atoms with Crippen LogP contribution < -0.4 is 10.2 Å². The molecule has 0 unspecified atom stereocenters. The summed E-state index contributed by atoms with van der Waals surface area (Å²) in [6.45, 7) is 6.24. The molecule has 4 heteroatoms. The number of anilines is 2. The number of para-hydroxylation sites is 1. The van der Waals surface area contributed by atoms with Crippen molar-refractivity contribution < 1.29 is 9.59 Å². The van der Waals surface area contributed by atoms with Crippen molar-refractivity contribution in [3.63, 3.8) is 0 Å². The van der Waals surface area contributed by atoms with Gasteiger partial charge in [0.15, 0.2) is 0 Å². The standard InChI is InChI=1S/C18H20N2O2/c1-4-20(16-8-6-5-7-9-16)18(22)17(21)19-15-11-10-13(2)14(3)12-15/h5-12H,4H2,1-3H3,(H,19,21). The molecule has 1 N–H and O–H groups in total. The lowest BCUT2D eigenvalue weighted by Crippen LogP contribution is -2.39. The molecule has 2 amide bonds. The van der Waals surface area contributed by atoms with Crippen LogP contribution in [0.1, 0.15) is 18.1 Å². The minimum atomic E-state index is -0.631. The highest BCUT2D eigenvalue weighted by atomic mass is 16.2. The highest BCUT2D eigenvalue weighted by Gasteiger charge is 2.22. The molecule has 0 atom stereocenters. The topological polar surface area (TPSA) is 49.4 Å². The van der Waals surface area contributed by atoms with Crippen molar-refractivity contribution in [1.29, 1.82) is 0 Å². The number of amides is 2. The van der Waals surface area contributed by atoms with Crippen LogP contribution in [0.4, 0.5) is 11.4 Å². The van der Waals surface area contributed by atoms with Gasteiger partial charge in [0.05, 0.1) is 0 Å². The van der Waals surface area contributed by atoms with Gasteiger partial charge in [-0.15, -0.1) is 0 Å². The second-order valence-corrected chi connectivity index (χ2v) is 5.14. The molecule has 114 valence electrons. The fourth-order valence-electron chi connectivity index (χ4n) is 2.18. The highest BCUT2D eigenvalue weighted by Crippen LogP contribution is 2.16. The largest absolute Gasteiger partial charge is 0.318 e. The Morgan fingerprint density at radius 2 is 1.68 bits per heavy atom. The van der Waals surface area contributed by atoms with E-state index in [2.05, 4.69) is 5.32 Å². The molecule has 0 saturated heterocycles. The summed E-state index contributed by atoms with van der Waals surface area (Å²) in [6, 6.07) is 14.8. The average molecular weight is 296 g/mol. The molecular formula is C18H20N2O2. The second kappa shape index (κ2) is 6.89. The summed E-state index contributed by atoms with van der Waals surface area (Å²) in [5.74, 6) is -1.19. The van der Waals surface area contributed by atoms with Crippen LogP contribution in [0.15, 0.2) is 48.5 Å². The fourth-order valence-corrected chi connectivity index (χ4v) is 2.18. The number of carbonyl (C=O) groups excluding carboxylic acids is 2. The van der Waals surface area contributed by atoms with E-state index in [0.717, 1.165) is 11.1 Å². The molecule has 2 aromatic carbocycles. The first-order chi connectivity index (χ1) is 10.5. The van der Waals surface area contributed by atoms with Crippen LogP contribution >= 0.6 is 0 Å². The summed E-state index contributed by atoms with van der Waals surface area (Å²) in [6.07, 6.45) is 0. The Labute approximate surface area is 130 Å². The molecule has 0 radical (unpaired) electrons. The molecule has 0 aliphatic carbocycles. The lowest BCUT2D eigenvalue weighted by Gasteiger charge is -2.20. The maximum Gasteiger partial charge on any atom is 0.316 e. The number of nitrogens with zero attached hydrogens (tertiary/aromatic N) is 1. The molecule has 22 heavy (non-hydrogen) atoms. The van der Waals surface area contributed by atoms with Crippen LogP contribution in [0.2, 0.25) is 0 Å². The van der Waals surface area contributed by atoms with Crippen LogP contribution in [0, 0.1) is 13.8 Å². The van der Waals surface area contributed by atoms with Gasteiger partial charge in [-0.25, -0.2) is 0 Å². The SMILES string of the molecule is CCN(C(=O)C(=O)Nc1ccc(C)c(C)c1)c1ccccc1. The summed E-state index contributed by atoms with van der Waals surface area (Å²) in [5.41, 5.74) is 3.56. The highest BCUT2D eigenvalue weighted by molar-refractivity contribution is 6.44. The molecule has 0 fully saturated rings. The van der Waals surface area contributed by atoms with Gasteiger partial charge in [0.1, 0.15) is 0 Å². The molecule has 0 heterocycles. The molecule has 0 saturated carbocycles. The van der Waals surface area contributed by atoms with E-state index >= 15 is 0 Å². The Hall–Kier alpha value is -2.62. The summed E-state index contributed by atoms with van der Waals surface area (Å²) >= 11 is 0. The molecule has 0 aliphatic rings. The molecule has 2 rings (SSSR count). The Morgan fingerprint density at radius 1 is 1.00 bits per heavy atom. The van der Waals surface area contributed by atoms with Crippen LogP contribution in [-0.4, -0.2) is 18.4 Å². The predicted molar refractivity (Wildman–Crippen MR) is 89.0 cm³/mol. The van der Waals surface area contributed by atoms with Crippen molar-refractivity contribution in [2.75, 3.05) is 16.8 Å². The zero-order valence-electron chi connectivity index (χ0n) is 13.1. The van der Waals surface area contributed by atoms with E-state index < -0.39 is 11.8 Å². The van der Waals surface area contributed by atoms with Gasteiger partial charge < -0.3 is 10.2 Å². The number of hydrogen-bond donors (Lipinski definition) is 1. The maximum absolute atomic E-state index is 12.3. The number of benzene rings is 2. The number of rotatable bonds is 3. The quantitative estimate of drug-likeness (QED) is 0.884. The molecule has 2 aromatic rings. The minimum Gasteiger partial charge on any atom is -0.318 e. The van der Waals surface area contributed by atoms with Gasteiger partial charge in [-0.2, -0.15) is 0 Å². The molecule has 0 aliphatic heterocycles. The first kappa shape index (κ1) is 15.8. The van der Waals surface area contributed by atoms with Gasteiger partial charge in [-0.3, -0.25) is 9.59 Å². The van der Waals surface area contributed by atoms with Crippen molar-refractivity contribution in [3.8, 4) is 0 Å². The van der Waals surface area contributed by atoms with Crippen LogP contribution in [0.3, 0.4) is 0 Å². The first-order valence-electron chi connectivity index (χ1n) is 7.28. The lowest BCUT2D eigenvalue weighted by molar-refractivity contribution is -0.134. The summed E-state index contributed by atoms with van der Waals surface area (Å²) in [5, 5.41) is 2.66. The lowest BCUT2D eigenvalue weighted by atomic mass is 10.1. The van der Waals surface area contributed by atoms with E-state index in [0.29, 0.717) is 17.9 Å². The third kappa shape index (κ3) is 3.52. The van der Waals surface area contributed by atoms with Gasteiger partial charge in [0, 0.05) is 17.9 Å². The van der Waals surface area contributed by atoms with Crippen molar-refractivity contribution in [2.24, 2.45) is 0 Å². The third-order valence-corrected chi connectivity index (χ3v) is 3.59. The second-order valence-electron chi connectivity index (χ2n) is 5.14. The Morgan fingerprint density at radius 3 is 2.27 bits per heavy atom. The smallest absolute Gasteiger partial charge is 0.316 e. The molecule has 0 bridgehead atoms.